The van der Waals surface area contributed by atoms with Gasteiger partial charge in [0.1, 0.15) is 0 Å². The van der Waals surface area contributed by atoms with E-state index in [1.165, 1.54) is 0 Å². The van der Waals surface area contributed by atoms with E-state index in [1.54, 1.807) is 0 Å². The molecule has 1 saturated heterocycles. The van der Waals surface area contributed by atoms with Crippen molar-refractivity contribution in [2.45, 2.75) is 42.6 Å². The number of halogens is 15. The van der Waals surface area contributed by atoms with Crippen LogP contribution in [0.25, 0.3) is 0 Å². The maximum absolute atomic E-state index is 13.1. The fraction of sp³-hybridized carbons (Fsp3) is 1.00. The van der Waals surface area contributed by atoms with Gasteiger partial charge in [-0.25, -0.2) is 0 Å². The van der Waals surface area contributed by atoms with Crippen molar-refractivity contribution >= 4 is 0 Å². The fourth-order valence-corrected chi connectivity index (χ4v) is 1.94. The van der Waals surface area contributed by atoms with E-state index in [2.05, 4.69) is 0 Å². The first-order valence-corrected chi connectivity index (χ1v) is 5.10. The highest BCUT2D eigenvalue weighted by atomic mass is 19.4. The summed E-state index contributed by atoms with van der Waals surface area (Å²) in [6, 6.07) is 0. The van der Waals surface area contributed by atoms with Gasteiger partial charge in [-0.15, -0.1) is 0 Å². The van der Waals surface area contributed by atoms with Gasteiger partial charge in [-0.2, -0.15) is 65.9 Å². The summed E-state index contributed by atoms with van der Waals surface area (Å²) in [5.74, 6) is -14.2. The predicted molar refractivity (Wildman–Crippen MR) is 40.3 cm³/mol. The highest BCUT2D eigenvalue weighted by Gasteiger charge is 2.97. The molecular weight excluding hydrogens is 397 g/mol. The molecular formula is C8HF15O. The third kappa shape index (κ3) is 2.23. The molecule has 1 nitrogen and oxygen atoms in total. The Labute approximate surface area is 120 Å². The van der Waals surface area contributed by atoms with Gasteiger partial charge in [0.15, 0.2) is 6.10 Å². The van der Waals surface area contributed by atoms with Gasteiger partial charge in [-0.05, 0) is 0 Å². The lowest BCUT2D eigenvalue weighted by Crippen LogP contribution is -2.70. The Morgan fingerprint density at radius 2 is 0.875 bits per heavy atom. The van der Waals surface area contributed by atoms with Crippen molar-refractivity contribution in [2.24, 2.45) is 5.41 Å². The number of rotatable bonds is 1. The SMILES string of the molecule is FC(F)(F)C(C1OC(F)(F)C(F)(F)C1(F)F)(C(F)(F)F)C(F)(F)F. The smallest absolute Gasteiger partial charge is 0.304 e. The van der Waals surface area contributed by atoms with Crippen LogP contribution in [0.4, 0.5) is 65.9 Å². The third-order valence-electron chi connectivity index (χ3n) is 3.11. The zero-order chi connectivity index (χ0) is 19.8. The molecule has 1 aliphatic rings. The summed E-state index contributed by atoms with van der Waals surface area (Å²) in [6.07, 6.45) is -36.1. The van der Waals surface area contributed by atoms with E-state index >= 15 is 0 Å². The summed E-state index contributed by atoms with van der Waals surface area (Å²) in [5.41, 5.74) is -7.69. The van der Waals surface area contributed by atoms with Crippen LogP contribution in [0.1, 0.15) is 0 Å². The van der Waals surface area contributed by atoms with Crippen LogP contribution in [-0.4, -0.2) is 42.6 Å². The first kappa shape index (κ1) is 21.0. The largest absolute Gasteiger partial charge is 0.426 e. The van der Waals surface area contributed by atoms with Crippen molar-refractivity contribution < 1.29 is 70.6 Å². The fourth-order valence-electron chi connectivity index (χ4n) is 1.94. The van der Waals surface area contributed by atoms with E-state index in [-0.39, 0.29) is 0 Å². The molecule has 0 radical (unpaired) electrons. The number of hydrogen-bond donors (Lipinski definition) is 0. The normalized spacial score (nSPS) is 27.4. The molecule has 0 spiro atoms. The second kappa shape index (κ2) is 4.75. The molecule has 0 saturated carbocycles. The summed E-state index contributed by atoms with van der Waals surface area (Å²) in [4.78, 5) is 0. The monoisotopic (exact) mass is 398 g/mol. The quantitative estimate of drug-likeness (QED) is 0.570. The summed E-state index contributed by atoms with van der Waals surface area (Å²) >= 11 is 0. The Morgan fingerprint density at radius 3 is 1.04 bits per heavy atom. The van der Waals surface area contributed by atoms with Crippen LogP contribution in [0.15, 0.2) is 0 Å². The van der Waals surface area contributed by atoms with Crippen LogP contribution in [0, 0.1) is 5.41 Å². The maximum Gasteiger partial charge on any atom is 0.426 e. The molecule has 0 aromatic carbocycles. The molecule has 1 fully saturated rings. The Hall–Kier alpha value is -1.09. The van der Waals surface area contributed by atoms with Crippen LogP contribution in [-0.2, 0) is 4.74 Å². The van der Waals surface area contributed by atoms with Gasteiger partial charge in [-0.1, -0.05) is 0 Å². The summed E-state index contributed by atoms with van der Waals surface area (Å²) in [6.45, 7) is 0. The van der Waals surface area contributed by atoms with Gasteiger partial charge in [0.2, 0.25) is 0 Å². The maximum atomic E-state index is 13.1. The molecule has 0 aromatic rings. The highest BCUT2D eigenvalue weighted by Crippen LogP contribution is 2.69. The van der Waals surface area contributed by atoms with E-state index < -0.39 is 48.0 Å². The first-order valence-electron chi connectivity index (χ1n) is 5.10. The summed E-state index contributed by atoms with van der Waals surface area (Å²) in [5, 5.41) is 0. The second-order valence-electron chi connectivity index (χ2n) is 4.51. The molecule has 1 heterocycles. The van der Waals surface area contributed by atoms with Crippen molar-refractivity contribution in [3.8, 4) is 0 Å². The van der Waals surface area contributed by atoms with E-state index in [9.17, 15) is 65.9 Å². The zero-order valence-corrected chi connectivity index (χ0v) is 10.2. The lowest BCUT2D eigenvalue weighted by Gasteiger charge is -2.42. The van der Waals surface area contributed by atoms with Crippen molar-refractivity contribution in [1.29, 1.82) is 0 Å². The predicted octanol–water partition coefficient (Wildman–Crippen LogP) is 4.92. The van der Waals surface area contributed by atoms with Gasteiger partial charge in [0.05, 0.1) is 0 Å². The first-order chi connectivity index (χ1) is 10.1. The second-order valence-corrected chi connectivity index (χ2v) is 4.51. The third-order valence-corrected chi connectivity index (χ3v) is 3.11. The summed E-state index contributed by atoms with van der Waals surface area (Å²) in [7, 11) is 0. The van der Waals surface area contributed by atoms with Gasteiger partial charge in [0, 0.05) is 0 Å². The average Bonchev–Trinajstić information content (AvgIpc) is 2.31. The van der Waals surface area contributed by atoms with Crippen molar-refractivity contribution in [2.75, 3.05) is 0 Å². The van der Waals surface area contributed by atoms with Crippen molar-refractivity contribution in [3.05, 3.63) is 0 Å². The minimum Gasteiger partial charge on any atom is -0.304 e. The Bertz CT molecular complexity index is 457. The molecule has 1 atom stereocenters. The van der Waals surface area contributed by atoms with Crippen LogP contribution in [0.5, 0.6) is 0 Å². The van der Waals surface area contributed by atoms with Crippen LogP contribution < -0.4 is 0 Å². The summed E-state index contributed by atoms with van der Waals surface area (Å²) < 4.78 is 192. The molecule has 144 valence electrons. The number of ether oxygens (including phenoxy) is 1. The molecule has 0 N–H and O–H groups in total. The average molecular weight is 398 g/mol. The molecule has 16 heteroatoms. The lowest BCUT2D eigenvalue weighted by atomic mass is 9.76. The number of hydrogen-bond acceptors (Lipinski definition) is 1. The van der Waals surface area contributed by atoms with E-state index in [0.29, 0.717) is 0 Å². The van der Waals surface area contributed by atoms with Crippen LogP contribution >= 0.6 is 0 Å². The van der Waals surface area contributed by atoms with Crippen molar-refractivity contribution in [3.63, 3.8) is 0 Å². The Kier molecular flexibility index (Phi) is 4.15. The lowest BCUT2D eigenvalue weighted by molar-refractivity contribution is -0.465. The molecule has 0 bridgehead atoms. The van der Waals surface area contributed by atoms with Crippen molar-refractivity contribution in [1.82, 2.24) is 0 Å². The van der Waals surface area contributed by atoms with Gasteiger partial charge >= 0.3 is 36.5 Å². The minimum absolute atomic E-state index is 2.03. The molecule has 24 heavy (non-hydrogen) atoms. The van der Waals surface area contributed by atoms with Gasteiger partial charge < -0.3 is 4.74 Å². The standard InChI is InChI=1S/C8HF15O/c9-3(10)1(24-8(22,23)4(3,11)12)2(5(13,14)15,6(16,17)18)7(19,20)21/h1H. The molecule has 0 aliphatic carbocycles. The molecule has 1 rings (SSSR count). The van der Waals surface area contributed by atoms with E-state index in [0.717, 1.165) is 0 Å². The van der Waals surface area contributed by atoms with Crippen LogP contribution in [0.2, 0.25) is 0 Å². The highest BCUT2D eigenvalue weighted by molar-refractivity contribution is 5.16. The molecule has 1 aliphatic heterocycles. The van der Waals surface area contributed by atoms with E-state index in [1.807, 2.05) is 4.74 Å². The van der Waals surface area contributed by atoms with Crippen LogP contribution in [0.3, 0.4) is 0 Å². The molecule has 0 amide bonds. The Balaban J connectivity index is 3.90. The van der Waals surface area contributed by atoms with Gasteiger partial charge in [0.25, 0.3) is 5.41 Å². The topological polar surface area (TPSA) is 9.23 Å². The zero-order valence-electron chi connectivity index (χ0n) is 10.2. The molecule has 1 unspecified atom stereocenters. The minimum atomic E-state index is -7.78. The Morgan fingerprint density at radius 1 is 0.583 bits per heavy atom. The van der Waals surface area contributed by atoms with Gasteiger partial charge in [-0.3, -0.25) is 0 Å². The van der Waals surface area contributed by atoms with E-state index in [4.69, 9.17) is 0 Å². The number of alkyl halides is 15. The molecule has 0 aromatic heterocycles.